The molecule has 0 saturated carbocycles. The molecule has 0 aliphatic carbocycles. The maximum Gasteiger partial charge on any atom is 0.200 e. The Morgan fingerprint density at radius 2 is 2.12 bits per heavy atom. The van der Waals surface area contributed by atoms with Gasteiger partial charge in [-0.05, 0) is 17.7 Å². The highest BCUT2D eigenvalue weighted by Gasteiger charge is 2.15. The zero-order chi connectivity index (χ0) is 11.5. The summed E-state index contributed by atoms with van der Waals surface area (Å²) in [4.78, 5) is 15.7. The van der Waals surface area contributed by atoms with Crippen molar-refractivity contribution >= 4 is 22.8 Å². The summed E-state index contributed by atoms with van der Waals surface area (Å²) in [6.45, 7) is -0.513. The van der Waals surface area contributed by atoms with Crippen LogP contribution in [0, 0.1) is 0 Å². The van der Waals surface area contributed by atoms with Crippen molar-refractivity contribution in [3.63, 3.8) is 0 Å². The fourth-order valence-electron chi connectivity index (χ4n) is 1.41. The third kappa shape index (κ3) is 1.82. The topological polar surface area (TPSA) is 76.2 Å². The van der Waals surface area contributed by atoms with Gasteiger partial charge in [0, 0.05) is 23.3 Å². The Labute approximate surface area is 96.4 Å². The highest BCUT2D eigenvalue weighted by molar-refractivity contribution is 7.13. The van der Waals surface area contributed by atoms with Gasteiger partial charge in [0.05, 0.1) is 10.6 Å². The summed E-state index contributed by atoms with van der Waals surface area (Å²) in [5.74, 6) is -0.345. The third-order valence-electron chi connectivity index (χ3n) is 2.22. The number of aromatic nitrogens is 1. The van der Waals surface area contributed by atoms with Crippen LogP contribution in [-0.4, -0.2) is 22.5 Å². The van der Waals surface area contributed by atoms with Gasteiger partial charge in [-0.2, -0.15) is 0 Å². The standard InChI is InChI=1S/C11H10N2O2S/c12-10-8(7-1-3-13-4-2-7)6-16-11(10)9(15)5-14/h1-4,6,14H,5,12H2. The number of Topliss-reactive ketones (excluding diaryl/α,β-unsaturated/α-hetero) is 1. The number of thiophene rings is 1. The molecule has 0 radical (unpaired) electrons. The molecular weight excluding hydrogens is 224 g/mol. The average molecular weight is 234 g/mol. The van der Waals surface area contributed by atoms with Crippen molar-refractivity contribution in [3.8, 4) is 11.1 Å². The molecule has 82 valence electrons. The first-order valence-electron chi connectivity index (χ1n) is 4.65. The summed E-state index contributed by atoms with van der Waals surface area (Å²) in [7, 11) is 0. The first-order valence-corrected chi connectivity index (χ1v) is 5.53. The van der Waals surface area contributed by atoms with Crippen LogP contribution < -0.4 is 5.73 Å². The van der Waals surface area contributed by atoms with Crippen molar-refractivity contribution in [1.29, 1.82) is 0 Å². The zero-order valence-corrected chi connectivity index (χ0v) is 9.20. The molecule has 0 spiro atoms. The highest BCUT2D eigenvalue weighted by atomic mass is 32.1. The molecule has 0 aliphatic heterocycles. The van der Waals surface area contributed by atoms with E-state index in [0.717, 1.165) is 11.1 Å². The minimum Gasteiger partial charge on any atom is -0.397 e. The molecule has 3 N–H and O–H groups in total. The predicted molar refractivity (Wildman–Crippen MR) is 63.4 cm³/mol. The number of ketones is 1. The van der Waals surface area contributed by atoms with Gasteiger partial charge in [0.2, 0.25) is 0 Å². The van der Waals surface area contributed by atoms with Crippen LogP contribution in [0.4, 0.5) is 5.69 Å². The van der Waals surface area contributed by atoms with Crippen LogP contribution in [0.25, 0.3) is 11.1 Å². The van der Waals surface area contributed by atoms with Crippen molar-refractivity contribution < 1.29 is 9.90 Å². The van der Waals surface area contributed by atoms with Crippen molar-refractivity contribution in [2.45, 2.75) is 0 Å². The predicted octanol–water partition coefficient (Wildman–Crippen LogP) is 1.57. The number of aliphatic hydroxyl groups is 1. The molecule has 0 saturated heterocycles. The van der Waals surface area contributed by atoms with Gasteiger partial charge in [0.25, 0.3) is 0 Å². The molecule has 2 aromatic rings. The number of anilines is 1. The van der Waals surface area contributed by atoms with Crippen LogP contribution in [0.3, 0.4) is 0 Å². The summed E-state index contributed by atoms with van der Waals surface area (Å²) in [5.41, 5.74) is 8.02. The van der Waals surface area contributed by atoms with E-state index in [4.69, 9.17) is 10.8 Å². The van der Waals surface area contributed by atoms with Crippen molar-refractivity contribution in [3.05, 3.63) is 34.8 Å². The van der Waals surface area contributed by atoms with Crippen LogP contribution in [0.5, 0.6) is 0 Å². The average Bonchev–Trinajstić information content (AvgIpc) is 2.71. The molecule has 0 fully saturated rings. The summed E-state index contributed by atoms with van der Waals surface area (Å²) >= 11 is 1.25. The van der Waals surface area contributed by atoms with Crippen molar-refractivity contribution in [1.82, 2.24) is 4.98 Å². The normalized spacial score (nSPS) is 10.3. The Morgan fingerprint density at radius 1 is 1.44 bits per heavy atom. The molecular formula is C11H10N2O2S. The second-order valence-electron chi connectivity index (χ2n) is 3.21. The molecule has 2 aromatic heterocycles. The largest absolute Gasteiger partial charge is 0.397 e. The van der Waals surface area contributed by atoms with Crippen molar-refractivity contribution in [2.75, 3.05) is 12.3 Å². The number of nitrogens with two attached hydrogens (primary N) is 1. The van der Waals surface area contributed by atoms with E-state index in [1.807, 2.05) is 17.5 Å². The summed E-state index contributed by atoms with van der Waals surface area (Å²) in [5, 5.41) is 10.6. The number of pyridine rings is 1. The van der Waals surface area contributed by atoms with Crippen LogP contribution in [0.15, 0.2) is 29.9 Å². The Morgan fingerprint density at radius 3 is 2.75 bits per heavy atom. The summed E-state index contributed by atoms with van der Waals surface area (Å²) < 4.78 is 0. The number of nitrogen functional groups attached to an aromatic ring is 1. The van der Waals surface area contributed by atoms with E-state index in [1.54, 1.807) is 12.4 Å². The number of aliphatic hydroxyl groups excluding tert-OH is 1. The van der Waals surface area contributed by atoms with Gasteiger partial charge in [-0.1, -0.05) is 0 Å². The molecule has 0 bridgehead atoms. The van der Waals surface area contributed by atoms with Gasteiger partial charge in [-0.25, -0.2) is 0 Å². The van der Waals surface area contributed by atoms with Crippen LogP contribution in [0.1, 0.15) is 9.67 Å². The molecule has 4 nitrogen and oxygen atoms in total. The van der Waals surface area contributed by atoms with E-state index < -0.39 is 6.61 Å². The van der Waals surface area contributed by atoms with E-state index >= 15 is 0 Å². The van der Waals surface area contributed by atoms with Crippen LogP contribution in [0.2, 0.25) is 0 Å². The quantitative estimate of drug-likeness (QED) is 0.790. The summed E-state index contributed by atoms with van der Waals surface area (Å²) in [6.07, 6.45) is 3.33. The molecule has 0 amide bonds. The van der Waals surface area contributed by atoms with Crippen LogP contribution >= 0.6 is 11.3 Å². The number of rotatable bonds is 3. The van der Waals surface area contributed by atoms with Crippen molar-refractivity contribution in [2.24, 2.45) is 0 Å². The van der Waals surface area contributed by atoms with Crippen LogP contribution in [-0.2, 0) is 0 Å². The number of carbonyl (C=O) groups excluding carboxylic acids is 1. The second kappa shape index (κ2) is 4.42. The fourth-order valence-corrected chi connectivity index (χ4v) is 2.34. The molecule has 16 heavy (non-hydrogen) atoms. The minimum absolute atomic E-state index is 0.345. The van der Waals surface area contributed by atoms with Gasteiger partial charge < -0.3 is 10.8 Å². The molecule has 5 heteroatoms. The lowest BCUT2D eigenvalue weighted by Crippen LogP contribution is -2.04. The lowest BCUT2D eigenvalue weighted by molar-refractivity contribution is 0.0908. The van der Waals surface area contributed by atoms with E-state index in [9.17, 15) is 4.79 Å². The fraction of sp³-hybridized carbons (Fsp3) is 0.0909. The highest BCUT2D eigenvalue weighted by Crippen LogP contribution is 2.33. The number of hydrogen-bond acceptors (Lipinski definition) is 5. The van der Waals surface area contributed by atoms with E-state index in [0.29, 0.717) is 10.6 Å². The first kappa shape index (κ1) is 10.8. The third-order valence-corrected chi connectivity index (χ3v) is 3.25. The zero-order valence-electron chi connectivity index (χ0n) is 8.38. The van der Waals surface area contributed by atoms with E-state index in [1.165, 1.54) is 11.3 Å². The minimum atomic E-state index is -0.513. The Balaban J connectivity index is 2.45. The maximum absolute atomic E-state index is 11.3. The molecule has 2 rings (SSSR count). The van der Waals surface area contributed by atoms with E-state index in [-0.39, 0.29) is 5.78 Å². The number of carbonyl (C=O) groups is 1. The summed E-state index contributed by atoms with van der Waals surface area (Å²) in [6, 6.07) is 3.65. The second-order valence-corrected chi connectivity index (χ2v) is 4.09. The smallest absolute Gasteiger partial charge is 0.200 e. The van der Waals surface area contributed by atoms with Gasteiger partial charge >= 0.3 is 0 Å². The molecule has 0 unspecified atom stereocenters. The Bertz CT molecular complexity index is 508. The monoisotopic (exact) mass is 234 g/mol. The van der Waals surface area contributed by atoms with Gasteiger partial charge in [-0.3, -0.25) is 9.78 Å². The van der Waals surface area contributed by atoms with Gasteiger partial charge in [-0.15, -0.1) is 11.3 Å². The maximum atomic E-state index is 11.3. The Hall–Kier alpha value is -1.72. The number of hydrogen-bond donors (Lipinski definition) is 2. The molecule has 2 heterocycles. The first-order chi connectivity index (χ1) is 7.74. The van der Waals surface area contributed by atoms with Gasteiger partial charge in [0.1, 0.15) is 6.61 Å². The molecule has 0 aromatic carbocycles. The lowest BCUT2D eigenvalue weighted by Gasteiger charge is -2.00. The van der Waals surface area contributed by atoms with Gasteiger partial charge in [0.15, 0.2) is 5.78 Å². The number of nitrogens with zero attached hydrogens (tertiary/aromatic N) is 1. The molecule has 0 aliphatic rings. The SMILES string of the molecule is Nc1c(-c2ccncc2)csc1C(=O)CO. The van der Waals surface area contributed by atoms with E-state index in [2.05, 4.69) is 4.98 Å². The molecule has 0 atom stereocenters. The lowest BCUT2D eigenvalue weighted by atomic mass is 10.1. The Kier molecular flexibility index (Phi) is 2.98.